The molecule has 1 aliphatic carbocycles. The number of halogens is 5. The predicted molar refractivity (Wildman–Crippen MR) is 101 cm³/mol. The Bertz CT molecular complexity index is 1090. The number of hydrogen-bond acceptors (Lipinski definition) is 4. The lowest BCUT2D eigenvalue weighted by molar-refractivity contribution is -0.142. The van der Waals surface area contributed by atoms with Crippen molar-refractivity contribution in [1.82, 2.24) is 24.5 Å². The number of rotatable bonds is 6. The second kappa shape index (κ2) is 7.82. The molecule has 2 aromatic heterocycles. The third kappa shape index (κ3) is 4.53. The van der Waals surface area contributed by atoms with Gasteiger partial charge in [-0.15, -0.1) is 5.10 Å². The average Bonchev–Trinajstić information content (AvgIpc) is 3.30. The van der Waals surface area contributed by atoms with Gasteiger partial charge in [0.05, 0.1) is 16.7 Å². The number of carbonyl (C=O) groups is 1. The van der Waals surface area contributed by atoms with Gasteiger partial charge in [0.2, 0.25) is 11.9 Å². The predicted octanol–water partition coefficient (Wildman–Crippen LogP) is 3.96. The van der Waals surface area contributed by atoms with Gasteiger partial charge < -0.3 is 0 Å². The summed E-state index contributed by atoms with van der Waals surface area (Å²) in [6.45, 7) is -0.160. The zero-order chi connectivity index (χ0) is 21.5. The molecule has 1 aliphatic rings. The van der Waals surface area contributed by atoms with Crippen molar-refractivity contribution in [3.63, 3.8) is 0 Å². The third-order valence-electron chi connectivity index (χ3n) is 4.48. The first-order valence-electron chi connectivity index (χ1n) is 8.98. The van der Waals surface area contributed by atoms with Crippen molar-refractivity contribution in [2.24, 2.45) is 0 Å². The highest BCUT2D eigenvalue weighted by molar-refractivity contribution is 9.10. The van der Waals surface area contributed by atoms with Gasteiger partial charge in [-0.25, -0.2) is 14.1 Å². The lowest BCUT2D eigenvalue weighted by atomic mass is 10.2. The normalized spacial score (nSPS) is 14.2. The summed E-state index contributed by atoms with van der Waals surface area (Å²) in [5.41, 5.74) is -0.0234. The van der Waals surface area contributed by atoms with Crippen LogP contribution in [0.2, 0.25) is 0 Å². The van der Waals surface area contributed by atoms with Crippen LogP contribution < -0.4 is 5.32 Å². The number of alkyl halides is 3. The van der Waals surface area contributed by atoms with Gasteiger partial charge in [0.1, 0.15) is 18.7 Å². The van der Waals surface area contributed by atoms with Crippen LogP contribution >= 0.6 is 15.9 Å². The second-order valence-electron chi connectivity index (χ2n) is 6.92. The Morgan fingerprint density at radius 1 is 1.27 bits per heavy atom. The third-order valence-corrected chi connectivity index (χ3v) is 5.26. The standard InChI is InChI=1S/C18H15BrF4N6O/c19-14-15(11-4-5-11)29(26-16(14)18(21,22)23)8-13(30)25-17-24-9-28(27-17)7-10-2-1-3-12(20)6-10/h1-3,6,9,11H,4-5,7-8H2,(H,25,27,30). The summed E-state index contributed by atoms with van der Waals surface area (Å²) in [5, 5.41) is 10.1. The van der Waals surface area contributed by atoms with Crippen molar-refractivity contribution >= 4 is 27.8 Å². The quantitative estimate of drug-likeness (QED) is 0.535. The molecule has 1 fully saturated rings. The molecule has 3 aromatic rings. The van der Waals surface area contributed by atoms with Crippen molar-refractivity contribution < 1.29 is 22.4 Å². The summed E-state index contributed by atoms with van der Waals surface area (Å²) in [6, 6.07) is 5.97. The highest BCUT2D eigenvalue weighted by atomic mass is 79.9. The molecule has 0 bridgehead atoms. The van der Waals surface area contributed by atoms with Crippen LogP contribution in [0.3, 0.4) is 0 Å². The summed E-state index contributed by atoms with van der Waals surface area (Å²) in [6.07, 6.45) is -1.77. The minimum absolute atomic E-state index is 0.00774. The van der Waals surface area contributed by atoms with Crippen LogP contribution in [-0.2, 0) is 24.1 Å². The van der Waals surface area contributed by atoms with Crippen molar-refractivity contribution in [2.75, 3.05) is 5.32 Å². The molecule has 0 radical (unpaired) electrons. The van der Waals surface area contributed by atoms with Crippen LogP contribution in [0.4, 0.5) is 23.5 Å². The highest BCUT2D eigenvalue weighted by Gasteiger charge is 2.42. The summed E-state index contributed by atoms with van der Waals surface area (Å²) >= 11 is 2.99. The van der Waals surface area contributed by atoms with Gasteiger partial charge in [0.15, 0.2) is 5.69 Å². The number of carbonyl (C=O) groups excluding carboxylic acids is 1. The van der Waals surface area contributed by atoms with Gasteiger partial charge in [0, 0.05) is 5.92 Å². The fourth-order valence-corrected chi connectivity index (χ4v) is 3.88. The summed E-state index contributed by atoms with van der Waals surface area (Å²) < 4.78 is 55.1. The Kier molecular flexibility index (Phi) is 5.35. The molecular weight excluding hydrogens is 472 g/mol. The van der Waals surface area contributed by atoms with Crippen LogP contribution in [0.15, 0.2) is 35.1 Å². The molecule has 7 nitrogen and oxygen atoms in total. The fraction of sp³-hybridized carbons (Fsp3) is 0.333. The van der Waals surface area contributed by atoms with Crippen LogP contribution in [0.1, 0.15) is 35.7 Å². The van der Waals surface area contributed by atoms with Gasteiger partial charge in [-0.05, 0) is 46.5 Å². The van der Waals surface area contributed by atoms with Crippen LogP contribution in [-0.4, -0.2) is 30.5 Å². The maximum Gasteiger partial charge on any atom is 0.436 e. The Morgan fingerprint density at radius 3 is 2.70 bits per heavy atom. The fourth-order valence-electron chi connectivity index (χ4n) is 3.05. The monoisotopic (exact) mass is 486 g/mol. The molecule has 1 saturated carbocycles. The van der Waals surface area contributed by atoms with E-state index in [2.05, 4.69) is 36.4 Å². The smallest absolute Gasteiger partial charge is 0.292 e. The number of aromatic nitrogens is 5. The zero-order valence-electron chi connectivity index (χ0n) is 15.3. The number of amides is 1. The van der Waals surface area contributed by atoms with E-state index in [1.54, 1.807) is 12.1 Å². The summed E-state index contributed by atoms with van der Waals surface area (Å²) in [5.74, 6) is -1.05. The topological polar surface area (TPSA) is 77.6 Å². The van der Waals surface area contributed by atoms with E-state index in [0.717, 1.165) is 17.5 Å². The molecule has 1 N–H and O–H groups in total. The van der Waals surface area contributed by atoms with E-state index in [1.807, 2.05) is 0 Å². The van der Waals surface area contributed by atoms with Crippen LogP contribution in [0.25, 0.3) is 0 Å². The van der Waals surface area contributed by atoms with Gasteiger partial charge in [-0.2, -0.15) is 18.3 Å². The highest BCUT2D eigenvalue weighted by Crippen LogP contribution is 2.46. The zero-order valence-corrected chi connectivity index (χ0v) is 16.9. The van der Waals surface area contributed by atoms with Gasteiger partial charge in [0.25, 0.3) is 0 Å². The molecule has 0 spiro atoms. The molecule has 0 aliphatic heterocycles. The number of hydrogen-bond donors (Lipinski definition) is 1. The Balaban J connectivity index is 1.45. The Labute approximate surface area is 176 Å². The molecule has 158 valence electrons. The number of anilines is 1. The van der Waals surface area contributed by atoms with Gasteiger partial charge in [-0.1, -0.05) is 12.1 Å². The largest absolute Gasteiger partial charge is 0.436 e. The van der Waals surface area contributed by atoms with Gasteiger partial charge >= 0.3 is 6.18 Å². The minimum atomic E-state index is -4.62. The van der Waals surface area contributed by atoms with E-state index < -0.39 is 24.3 Å². The maximum absolute atomic E-state index is 13.3. The van der Waals surface area contributed by atoms with E-state index in [9.17, 15) is 22.4 Å². The van der Waals surface area contributed by atoms with E-state index >= 15 is 0 Å². The van der Waals surface area contributed by atoms with E-state index in [4.69, 9.17) is 0 Å². The molecule has 1 amide bonds. The number of nitrogens with zero attached hydrogens (tertiary/aromatic N) is 5. The van der Waals surface area contributed by atoms with Crippen LogP contribution in [0, 0.1) is 5.82 Å². The van der Waals surface area contributed by atoms with Crippen molar-refractivity contribution in [3.05, 3.63) is 57.8 Å². The van der Waals surface area contributed by atoms with Gasteiger partial charge in [-0.3, -0.25) is 14.8 Å². The summed E-state index contributed by atoms with van der Waals surface area (Å²) in [4.78, 5) is 16.3. The Morgan fingerprint density at radius 2 is 2.03 bits per heavy atom. The van der Waals surface area contributed by atoms with Crippen molar-refractivity contribution in [3.8, 4) is 0 Å². The SMILES string of the molecule is O=C(Cn1nc(C(F)(F)F)c(Br)c1C1CC1)Nc1ncn(Cc2cccc(F)c2)n1. The first-order valence-corrected chi connectivity index (χ1v) is 9.77. The molecule has 2 heterocycles. The number of nitrogens with one attached hydrogen (secondary N) is 1. The molecule has 4 rings (SSSR count). The minimum Gasteiger partial charge on any atom is -0.292 e. The molecule has 30 heavy (non-hydrogen) atoms. The van der Waals surface area contributed by atoms with E-state index in [0.29, 0.717) is 11.3 Å². The Hall–Kier alpha value is -2.76. The van der Waals surface area contributed by atoms with E-state index in [1.165, 1.54) is 23.1 Å². The first kappa shape index (κ1) is 20.5. The molecule has 0 saturated heterocycles. The summed E-state index contributed by atoms with van der Waals surface area (Å²) in [7, 11) is 0. The molecule has 12 heteroatoms. The molecule has 0 unspecified atom stereocenters. The first-order chi connectivity index (χ1) is 14.2. The van der Waals surface area contributed by atoms with E-state index in [-0.39, 0.29) is 28.7 Å². The number of benzene rings is 1. The molecule has 1 aromatic carbocycles. The van der Waals surface area contributed by atoms with Crippen LogP contribution in [0.5, 0.6) is 0 Å². The van der Waals surface area contributed by atoms with Crippen molar-refractivity contribution in [1.29, 1.82) is 0 Å². The lowest BCUT2D eigenvalue weighted by Gasteiger charge is -2.06. The maximum atomic E-state index is 13.3. The second-order valence-corrected chi connectivity index (χ2v) is 7.71. The lowest BCUT2D eigenvalue weighted by Crippen LogP contribution is -2.22. The molecular formula is C18H15BrF4N6O. The average molecular weight is 487 g/mol. The van der Waals surface area contributed by atoms with Crippen molar-refractivity contribution in [2.45, 2.75) is 38.0 Å². The molecule has 0 atom stereocenters.